The minimum Gasteiger partial charge on any atom is -0.464 e. The number of H-pyrrole nitrogens is 1. The van der Waals surface area contributed by atoms with Crippen molar-refractivity contribution in [3.8, 4) is 0 Å². The number of aromatic amines is 1. The van der Waals surface area contributed by atoms with E-state index in [1.165, 1.54) is 0 Å². The van der Waals surface area contributed by atoms with Gasteiger partial charge in [0.05, 0.1) is 12.1 Å². The summed E-state index contributed by atoms with van der Waals surface area (Å²) in [6, 6.07) is 8.41. The Kier molecular flexibility index (Phi) is 4.31. The number of methoxy groups -OCH3 is 1. The summed E-state index contributed by atoms with van der Waals surface area (Å²) in [4.78, 5) is 15.6. The van der Waals surface area contributed by atoms with E-state index in [0.29, 0.717) is 23.5 Å². The predicted octanol–water partition coefficient (Wildman–Crippen LogP) is 3.51. The maximum atomic E-state index is 12.5. The minimum absolute atomic E-state index is 0.245. The molecule has 2 N–H and O–H groups in total. The smallest absolute Gasteiger partial charge is 0.266 e. The molecule has 0 aliphatic rings. The van der Waals surface area contributed by atoms with Gasteiger partial charge < -0.3 is 23.9 Å². The molecule has 0 bridgehead atoms. The average Bonchev–Trinajstić information content (AvgIpc) is 3.10. The summed E-state index contributed by atoms with van der Waals surface area (Å²) in [6.07, 6.45) is 0. The molecule has 3 rings (SSSR count). The van der Waals surface area contributed by atoms with Crippen molar-refractivity contribution in [2.24, 2.45) is 0 Å². The molecule has 120 valence electrons. The van der Waals surface area contributed by atoms with Crippen molar-refractivity contribution in [3.63, 3.8) is 0 Å². The third-order valence-electron chi connectivity index (χ3n) is 3.43. The first-order chi connectivity index (χ1) is 11.1. The molecule has 0 spiro atoms. The second kappa shape index (κ2) is 6.39. The number of hydrogen-bond acceptors (Lipinski definition) is 5. The van der Waals surface area contributed by atoms with Crippen LogP contribution in [0, 0.1) is 11.8 Å². The summed E-state index contributed by atoms with van der Waals surface area (Å²) in [7, 11) is 1.57. The molecule has 1 aromatic carbocycles. The van der Waals surface area contributed by atoms with Crippen LogP contribution in [0.2, 0.25) is 0 Å². The lowest BCUT2D eigenvalue weighted by molar-refractivity contribution is 0.0882. The zero-order chi connectivity index (χ0) is 16.4. The van der Waals surface area contributed by atoms with Crippen molar-refractivity contribution in [2.75, 3.05) is 13.7 Å². The number of rotatable bonds is 5. The van der Waals surface area contributed by atoms with Gasteiger partial charge in [0.2, 0.25) is 0 Å². The van der Waals surface area contributed by atoms with E-state index in [1.54, 1.807) is 25.3 Å². The Morgan fingerprint density at radius 2 is 2.17 bits per heavy atom. The lowest BCUT2D eigenvalue weighted by Gasteiger charge is -2.15. The SMILES string of the molecule is COC[C@H](NC(=O)c1ccc2[nH]c(=S)oc2c1)c1ccc(C)o1. The summed E-state index contributed by atoms with van der Waals surface area (Å²) in [5, 5.41) is 2.90. The van der Waals surface area contributed by atoms with Gasteiger partial charge in [0.25, 0.3) is 10.7 Å². The largest absolute Gasteiger partial charge is 0.464 e. The molecule has 0 aliphatic heterocycles. The maximum Gasteiger partial charge on any atom is 0.266 e. The molecule has 1 amide bonds. The maximum absolute atomic E-state index is 12.5. The molecular formula is C16H16N2O4S. The number of benzene rings is 1. The van der Waals surface area contributed by atoms with E-state index in [1.807, 2.05) is 19.1 Å². The molecule has 2 heterocycles. The van der Waals surface area contributed by atoms with Crippen LogP contribution < -0.4 is 5.32 Å². The molecule has 7 heteroatoms. The van der Waals surface area contributed by atoms with Crippen molar-refractivity contribution in [3.05, 3.63) is 52.3 Å². The van der Waals surface area contributed by atoms with Crippen molar-refractivity contribution in [1.82, 2.24) is 10.3 Å². The highest BCUT2D eigenvalue weighted by molar-refractivity contribution is 7.71. The number of hydrogen-bond donors (Lipinski definition) is 2. The molecule has 6 nitrogen and oxygen atoms in total. The molecule has 1 atom stereocenters. The highest BCUT2D eigenvalue weighted by atomic mass is 32.1. The first kappa shape index (κ1) is 15.5. The van der Waals surface area contributed by atoms with Crippen LogP contribution in [0.15, 0.2) is 39.2 Å². The first-order valence-electron chi connectivity index (χ1n) is 7.06. The van der Waals surface area contributed by atoms with Crippen molar-refractivity contribution in [2.45, 2.75) is 13.0 Å². The van der Waals surface area contributed by atoms with Gasteiger partial charge in [-0.2, -0.15) is 0 Å². The molecule has 0 unspecified atom stereocenters. The molecular weight excluding hydrogens is 316 g/mol. The third-order valence-corrected chi connectivity index (χ3v) is 3.61. The fraction of sp³-hybridized carbons (Fsp3) is 0.250. The summed E-state index contributed by atoms with van der Waals surface area (Å²) >= 11 is 4.94. The van der Waals surface area contributed by atoms with Crippen molar-refractivity contribution in [1.29, 1.82) is 0 Å². The molecule has 0 fully saturated rings. The van der Waals surface area contributed by atoms with Crippen LogP contribution in [-0.2, 0) is 4.74 Å². The molecule has 23 heavy (non-hydrogen) atoms. The van der Waals surface area contributed by atoms with Crippen LogP contribution in [0.5, 0.6) is 0 Å². The van der Waals surface area contributed by atoms with E-state index in [-0.39, 0.29) is 16.8 Å². The average molecular weight is 332 g/mol. The Hall–Kier alpha value is -2.38. The van der Waals surface area contributed by atoms with Gasteiger partial charge in [0, 0.05) is 12.7 Å². The van der Waals surface area contributed by atoms with Crippen molar-refractivity contribution < 1.29 is 18.4 Å². The molecule has 0 saturated carbocycles. The lowest BCUT2D eigenvalue weighted by atomic mass is 10.1. The normalized spacial score (nSPS) is 12.4. The number of aromatic nitrogens is 1. The van der Waals surface area contributed by atoms with Crippen molar-refractivity contribution >= 4 is 29.2 Å². The summed E-state index contributed by atoms with van der Waals surface area (Å²) < 4.78 is 16.1. The fourth-order valence-corrected chi connectivity index (χ4v) is 2.53. The van der Waals surface area contributed by atoms with E-state index >= 15 is 0 Å². The molecule has 3 aromatic rings. The van der Waals surface area contributed by atoms with Gasteiger partial charge in [-0.3, -0.25) is 4.79 Å². The van der Waals surface area contributed by atoms with Gasteiger partial charge in [0.15, 0.2) is 5.58 Å². The van der Waals surface area contributed by atoms with Gasteiger partial charge in [-0.05, 0) is 49.5 Å². The zero-order valence-electron chi connectivity index (χ0n) is 12.7. The number of furan rings is 1. The zero-order valence-corrected chi connectivity index (χ0v) is 13.5. The molecule has 2 aromatic heterocycles. The van der Waals surface area contributed by atoms with Crippen LogP contribution in [0.4, 0.5) is 0 Å². The Bertz CT molecular complexity index is 893. The van der Waals surface area contributed by atoms with E-state index in [2.05, 4.69) is 10.3 Å². The summed E-state index contributed by atoms with van der Waals surface area (Å²) in [6.45, 7) is 2.16. The van der Waals surface area contributed by atoms with Gasteiger partial charge in [-0.15, -0.1) is 0 Å². The second-order valence-electron chi connectivity index (χ2n) is 5.16. The predicted molar refractivity (Wildman–Crippen MR) is 86.9 cm³/mol. The van der Waals surface area contributed by atoms with Crippen LogP contribution in [-0.4, -0.2) is 24.6 Å². The van der Waals surface area contributed by atoms with Crippen LogP contribution in [0.3, 0.4) is 0 Å². The van der Waals surface area contributed by atoms with Crippen LogP contribution >= 0.6 is 12.2 Å². The number of carbonyl (C=O) groups excluding carboxylic acids is 1. The summed E-state index contributed by atoms with van der Waals surface area (Å²) in [5.74, 6) is 1.18. The highest BCUT2D eigenvalue weighted by Gasteiger charge is 2.19. The summed E-state index contributed by atoms with van der Waals surface area (Å²) in [5.41, 5.74) is 1.76. The van der Waals surface area contributed by atoms with Gasteiger partial charge in [-0.1, -0.05) is 0 Å². The quantitative estimate of drug-likeness (QED) is 0.699. The monoisotopic (exact) mass is 332 g/mol. The third kappa shape index (κ3) is 3.35. The number of fused-ring (bicyclic) bond motifs is 1. The second-order valence-corrected chi connectivity index (χ2v) is 5.53. The van der Waals surface area contributed by atoms with Crippen LogP contribution in [0.1, 0.15) is 27.9 Å². The number of aryl methyl sites for hydroxylation is 1. The van der Waals surface area contributed by atoms with Gasteiger partial charge >= 0.3 is 0 Å². The van der Waals surface area contributed by atoms with E-state index in [0.717, 1.165) is 11.3 Å². The minimum atomic E-state index is -0.366. The number of amides is 1. The topological polar surface area (TPSA) is 80.4 Å². The standard InChI is InChI=1S/C16H16N2O4S/c1-9-3-6-13(21-9)12(8-20-2)17-15(19)10-4-5-11-14(7-10)22-16(23)18-11/h3-7,12H,8H2,1-2H3,(H,17,19)(H,18,23)/t12-/m0/s1. The molecule has 0 radical (unpaired) electrons. The first-order valence-corrected chi connectivity index (χ1v) is 7.46. The number of nitrogens with one attached hydrogen (secondary N) is 2. The van der Waals surface area contributed by atoms with E-state index < -0.39 is 0 Å². The Balaban J connectivity index is 1.83. The fourth-order valence-electron chi connectivity index (χ4n) is 2.33. The van der Waals surface area contributed by atoms with Crippen LogP contribution in [0.25, 0.3) is 11.1 Å². The number of ether oxygens (including phenoxy) is 1. The van der Waals surface area contributed by atoms with E-state index in [9.17, 15) is 4.79 Å². The lowest BCUT2D eigenvalue weighted by Crippen LogP contribution is -2.31. The number of carbonyl (C=O) groups is 1. The Morgan fingerprint density at radius 3 is 2.87 bits per heavy atom. The highest BCUT2D eigenvalue weighted by Crippen LogP contribution is 2.19. The van der Waals surface area contributed by atoms with Gasteiger partial charge in [0.1, 0.15) is 17.6 Å². The molecule has 0 saturated heterocycles. The Labute approximate surface area is 137 Å². The molecule has 0 aliphatic carbocycles. The number of oxazole rings is 1. The Morgan fingerprint density at radius 1 is 1.35 bits per heavy atom. The van der Waals surface area contributed by atoms with Gasteiger partial charge in [-0.25, -0.2) is 0 Å². The van der Waals surface area contributed by atoms with E-state index in [4.69, 9.17) is 25.8 Å².